The van der Waals surface area contributed by atoms with Crippen LogP contribution < -0.4 is 19.6 Å². The fourth-order valence-electron chi connectivity index (χ4n) is 4.11. The Labute approximate surface area is 225 Å². The van der Waals surface area contributed by atoms with Gasteiger partial charge in [0.25, 0.3) is 5.56 Å². The summed E-state index contributed by atoms with van der Waals surface area (Å²) in [4.78, 5) is 43.9. The molecule has 10 heteroatoms. The second-order valence-corrected chi connectivity index (χ2v) is 9.44. The van der Waals surface area contributed by atoms with Gasteiger partial charge in [-0.1, -0.05) is 54.3 Å². The average Bonchev–Trinajstić information content (AvgIpc) is 3.57. The maximum atomic E-state index is 14.3. The molecule has 0 saturated heterocycles. The Kier molecular flexibility index (Phi) is 7.20. The van der Waals surface area contributed by atoms with E-state index in [1.54, 1.807) is 55.5 Å². The molecule has 2 aromatic carbocycles. The lowest BCUT2D eigenvalue weighted by Crippen LogP contribution is -2.40. The van der Waals surface area contributed by atoms with Crippen molar-refractivity contribution in [3.05, 3.63) is 133 Å². The number of fused-ring (bicyclic) bond motifs is 1. The number of allylic oxidation sites excluding steroid dienone is 1. The number of benzene rings is 2. The van der Waals surface area contributed by atoms with Crippen molar-refractivity contribution in [1.29, 1.82) is 0 Å². The molecule has 8 nitrogen and oxygen atoms in total. The first-order valence-electron chi connectivity index (χ1n) is 11.8. The van der Waals surface area contributed by atoms with Crippen LogP contribution in [-0.2, 0) is 9.53 Å². The molecule has 196 valence electrons. The molecule has 5 rings (SSSR count). The Morgan fingerprint density at radius 2 is 1.90 bits per heavy atom. The number of halogens is 1. The minimum Gasteiger partial charge on any atom is -0.458 e. The van der Waals surface area contributed by atoms with E-state index in [-0.39, 0.29) is 33.8 Å². The second-order valence-electron chi connectivity index (χ2n) is 8.43. The summed E-state index contributed by atoms with van der Waals surface area (Å²) in [5.74, 6) is -1.50. The summed E-state index contributed by atoms with van der Waals surface area (Å²) in [5, 5.41) is 0. The van der Waals surface area contributed by atoms with Crippen LogP contribution in [-0.4, -0.2) is 23.1 Å². The van der Waals surface area contributed by atoms with Crippen molar-refractivity contribution in [2.75, 3.05) is 6.61 Å². The highest BCUT2D eigenvalue weighted by Crippen LogP contribution is 2.31. The van der Waals surface area contributed by atoms with E-state index >= 15 is 0 Å². The Bertz CT molecular complexity index is 1780. The van der Waals surface area contributed by atoms with E-state index in [0.29, 0.717) is 16.1 Å². The zero-order valence-corrected chi connectivity index (χ0v) is 21.4. The number of rotatable bonds is 7. The number of hydrogen-bond donors (Lipinski definition) is 0. The third-order valence-electron chi connectivity index (χ3n) is 5.89. The molecule has 0 aliphatic carbocycles. The minimum absolute atomic E-state index is 0.0261. The molecule has 0 unspecified atom stereocenters. The molecule has 1 aliphatic rings. The van der Waals surface area contributed by atoms with Crippen molar-refractivity contribution < 1.29 is 27.9 Å². The van der Waals surface area contributed by atoms with Crippen LogP contribution in [0.5, 0.6) is 5.75 Å². The number of carbonyl (C=O) groups excluding carboxylic acids is 2. The molecule has 0 spiro atoms. The summed E-state index contributed by atoms with van der Waals surface area (Å²) in [6.45, 7) is 5.20. The van der Waals surface area contributed by atoms with Crippen molar-refractivity contribution in [2.24, 2.45) is 4.99 Å². The Balaban J connectivity index is 1.60. The first-order valence-corrected chi connectivity index (χ1v) is 12.6. The molecular formula is C29H21FN2O6S. The molecule has 0 amide bonds. The molecular weight excluding hydrogens is 523 g/mol. The number of nitrogens with zero attached hydrogens (tertiary/aromatic N) is 2. The van der Waals surface area contributed by atoms with Crippen LogP contribution in [0.15, 0.2) is 105 Å². The largest absolute Gasteiger partial charge is 0.458 e. The van der Waals surface area contributed by atoms with Crippen LogP contribution in [0.2, 0.25) is 0 Å². The molecule has 2 aromatic heterocycles. The van der Waals surface area contributed by atoms with E-state index in [9.17, 15) is 18.8 Å². The van der Waals surface area contributed by atoms with Crippen molar-refractivity contribution in [2.45, 2.75) is 13.0 Å². The predicted molar refractivity (Wildman–Crippen MR) is 141 cm³/mol. The van der Waals surface area contributed by atoms with Gasteiger partial charge in [-0.05, 0) is 48.9 Å². The molecule has 1 atom stereocenters. The maximum absolute atomic E-state index is 14.3. The maximum Gasteiger partial charge on any atom is 0.379 e. The molecule has 4 aromatic rings. The summed E-state index contributed by atoms with van der Waals surface area (Å²) in [7, 11) is 0. The van der Waals surface area contributed by atoms with E-state index < -0.39 is 29.4 Å². The fraction of sp³-hybridized carbons (Fsp3) is 0.103. The standard InChI is InChI=1S/C29H21FN2O6S/c1-3-14-37-28(35)24-17(2)31-29-32(26(33)23(39-29)16-19-7-4-5-8-21(19)30)25(24)18-10-12-20(13-11-18)38-27(34)22-9-6-15-36-22/h3-13,15-16,25H,1,14H2,2H3/b23-16+/t25-/m1/s1. The highest BCUT2D eigenvalue weighted by molar-refractivity contribution is 7.07. The molecule has 3 heterocycles. The predicted octanol–water partition coefficient (Wildman–Crippen LogP) is 3.92. The summed E-state index contributed by atoms with van der Waals surface area (Å²) < 4.78 is 31.7. The number of furan rings is 1. The molecule has 0 radical (unpaired) electrons. The number of hydrogen-bond acceptors (Lipinski definition) is 8. The summed E-state index contributed by atoms with van der Waals surface area (Å²) in [6.07, 6.45) is 4.26. The molecule has 0 N–H and O–H groups in total. The van der Waals surface area contributed by atoms with Gasteiger partial charge in [0.2, 0.25) is 5.76 Å². The second kappa shape index (κ2) is 10.9. The highest BCUT2D eigenvalue weighted by atomic mass is 32.1. The monoisotopic (exact) mass is 544 g/mol. The van der Waals surface area contributed by atoms with Crippen LogP contribution in [0.4, 0.5) is 4.39 Å². The average molecular weight is 545 g/mol. The third kappa shape index (κ3) is 5.14. The SMILES string of the molecule is C=CCOC(=O)C1=C(C)N=c2s/c(=C/c3ccccc3F)c(=O)n2[C@@H]1c1ccc(OC(=O)c2ccco2)cc1. The van der Waals surface area contributed by atoms with Gasteiger partial charge in [0.05, 0.1) is 28.1 Å². The summed E-state index contributed by atoms with van der Waals surface area (Å²) in [6, 6.07) is 14.7. The van der Waals surface area contributed by atoms with Gasteiger partial charge in [-0.15, -0.1) is 0 Å². The summed E-state index contributed by atoms with van der Waals surface area (Å²) in [5.41, 5.74) is 0.902. The van der Waals surface area contributed by atoms with Gasteiger partial charge < -0.3 is 13.9 Å². The normalized spacial score (nSPS) is 14.9. The Morgan fingerprint density at radius 1 is 1.13 bits per heavy atom. The molecule has 0 fully saturated rings. The van der Waals surface area contributed by atoms with Crippen molar-refractivity contribution in [1.82, 2.24) is 4.57 Å². The quantitative estimate of drug-likeness (QED) is 0.199. The lowest BCUT2D eigenvalue weighted by Gasteiger charge is -2.24. The van der Waals surface area contributed by atoms with Crippen molar-refractivity contribution in [3.8, 4) is 5.75 Å². The topological polar surface area (TPSA) is 100 Å². The van der Waals surface area contributed by atoms with E-state index in [1.807, 2.05) is 0 Å². The van der Waals surface area contributed by atoms with Gasteiger partial charge in [-0.25, -0.2) is 19.0 Å². The Hall–Kier alpha value is -4.83. The fourth-order valence-corrected chi connectivity index (χ4v) is 5.15. The molecule has 0 saturated carbocycles. The smallest absolute Gasteiger partial charge is 0.379 e. The first kappa shape index (κ1) is 25.8. The zero-order valence-electron chi connectivity index (χ0n) is 20.6. The number of aromatic nitrogens is 1. The molecule has 1 aliphatic heterocycles. The van der Waals surface area contributed by atoms with Crippen LogP contribution >= 0.6 is 11.3 Å². The van der Waals surface area contributed by atoms with Gasteiger partial charge in [-0.3, -0.25) is 9.36 Å². The van der Waals surface area contributed by atoms with Gasteiger partial charge in [-0.2, -0.15) is 0 Å². The van der Waals surface area contributed by atoms with Crippen LogP contribution in [0, 0.1) is 5.82 Å². The zero-order chi connectivity index (χ0) is 27.5. The molecule has 0 bridgehead atoms. The minimum atomic E-state index is -0.892. The van der Waals surface area contributed by atoms with Gasteiger partial charge >= 0.3 is 11.9 Å². The molecule has 39 heavy (non-hydrogen) atoms. The van der Waals surface area contributed by atoms with Gasteiger partial charge in [0, 0.05) is 5.56 Å². The van der Waals surface area contributed by atoms with Crippen LogP contribution in [0.3, 0.4) is 0 Å². The number of carbonyl (C=O) groups is 2. The van der Waals surface area contributed by atoms with Crippen molar-refractivity contribution in [3.63, 3.8) is 0 Å². The van der Waals surface area contributed by atoms with E-state index in [0.717, 1.165) is 11.3 Å². The van der Waals surface area contributed by atoms with Crippen LogP contribution in [0.25, 0.3) is 6.08 Å². The number of thiazole rings is 1. The van der Waals surface area contributed by atoms with Crippen LogP contribution in [0.1, 0.15) is 34.6 Å². The number of esters is 2. The third-order valence-corrected chi connectivity index (χ3v) is 6.88. The van der Waals surface area contributed by atoms with E-state index in [2.05, 4.69) is 11.6 Å². The van der Waals surface area contributed by atoms with Gasteiger partial charge in [0.15, 0.2) is 4.80 Å². The van der Waals surface area contributed by atoms with Crippen molar-refractivity contribution >= 4 is 29.4 Å². The highest BCUT2D eigenvalue weighted by Gasteiger charge is 2.33. The van der Waals surface area contributed by atoms with Gasteiger partial charge in [0.1, 0.15) is 18.2 Å². The van der Waals surface area contributed by atoms with E-state index in [4.69, 9.17) is 13.9 Å². The number of ether oxygens (including phenoxy) is 2. The lowest BCUT2D eigenvalue weighted by molar-refractivity contribution is -0.138. The summed E-state index contributed by atoms with van der Waals surface area (Å²) >= 11 is 1.09. The lowest BCUT2D eigenvalue weighted by atomic mass is 9.96. The van der Waals surface area contributed by atoms with E-state index in [1.165, 1.54) is 35.1 Å². The first-order chi connectivity index (χ1) is 18.9. The Morgan fingerprint density at radius 3 is 2.59 bits per heavy atom.